The largest absolute Gasteiger partial charge is 0.395 e. The molecule has 1 aliphatic heterocycles. The standard InChI is InChI=1S/C15H21N5O/c1-19-7-4-16-15(19)14-11-17-13(10-18-14)12-2-5-20(6-3-12)8-9-21/h4,7,10-12,21H,2-3,5-6,8-9H2,1H3. The lowest BCUT2D eigenvalue weighted by atomic mass is 9.94. The van der Waals surface area contributed by atoms with E-state index in [4.69, 9.17) is 5.11 Å². The van der Waals surface area contributed by atoms with Crippen molar-refractivity contribution in [3.63, 3.8) is 0 Å². The Kier molecular flexibility index (Phi) is 4.26. The molecule has 1 aliphatic rings. The molecule has 21 heavy (non-hydrogen) atoms. The van der Waals surface area contributed by atoms with Crippen molar-refractivity contribution in [2.45, 2.75) is 18.8 Å². The number of hydrogen-bond donors (Lipinski definition) is 1. The summed E-state index contributed by atoms with van der Waals surface area (Å²) in [4.78, 5) is 15.7. The maximum Gasteiger partial charge on any atom is 0.159 e. The van der Waals surface area contributed by atoms with Gasteiger partial charge in [-0.1, -0.05) is 0 Å². The molecule has 0 aliphatic carbocycles. The number of piperidine rings is 1. The van der Waals surface area contributed by atoms with Crippen LogP contribution < -0.4 is 0 Å². The van der Waals surface area contributed by atoms with E-state index < -0.39 is 0 Å². The highest BCUT2D eigenvalue weighted by atomic mass is 16.3. The molecule has 2 aromatic rings. The summed E-state index contributed by atoms with van der Waals surface area (Å²) >= 11 is 0. The minimum Gasteiger partial charge on any atom is -0.395 e. The van der Waals surface area contributed by atoms with Gasteiger partial charge in [-0.15, -0.1) is 0 Å². The van der Waals surface area contributed by atoms with Crippen molar-refractivity contribution in [2.75, 3.05) is 26.2 Å². The molecular weight excluding hydrogens is 266 g/mol. The van der Waals surface area contributed by atoms with Crippen LogP contribution in [0.3, 0.4) is 0 Å². The molecule has 0 bridgehead atoms. The van der Waals surface area contributed by atoms with E-state index in [0.29, 0.717) is 5.92 Å². The second-order valence-electron chi connectivity index (χ2n) is 5.53. The first-order chi connectivity index (χ1) is 10.3. The number of hydrogen-bond acceptors (Lipinski definition) is 5. The Morgan fingerprint density at radius 2 is 2.00 bits per heavy atom. The van der Waals surface area contributed by atoms with Crippen LogP contribution in [0.15, 0.2) is 24.8 Å². The van der Waals surface area contributed by atoms with E-state index in [9.17, 15) is 0 Å². The van der Waals surface area contributed by atoms with Crippen LogP contribution >= 0.6 is 0 Å². The summed E-state index contributed by atoms with van der Waals surface area (Å²) in [5.74, 6) is 1.31. The molecule has 0 saturated carbocycles. The van der Waals surface area contributed by atoms with Crippen molar-refractivity contribution < 1.29 is 5.11 Å². The second kappa shape index (κ2) is 6.32. The van der Waals surface area contributed by atoms with Gasteiger partial charge in [0.05, 0.1) is 18.5 Å². The molecule has 0 spiro atoms. The topological polar surface area (TPSA) is 67.1 Å². The minimum absolute atomic E-state index is 0.239. The molecule has 112 valence electrons. The van der Waals surface area contributed by atoms with Gasteiger partial charge in [0.15, 0.2) is 5.82 Å². The van der Waals surface area contributed by atoms with Crippen LogP contribution in [0.5, 0.6) is 0 Å². The first kappa shape index (κ1) is 14.2. The number of rotatable bonds is 4. The predicted octanol–water partition coefficient (Wildman–Crippen LogP) is 1.05. The van der Waals surface area contributed by atoms with Crippen molar-refractivity contribution in [3.05, 3.63) is 30.5 Å². The Balaban J connectivity index is 1.67. The average Bonchev–Trinajstić information content (AvgIpc) is 2.95. The van der Waals surface area contributed by atoms with Gasteiger partial charge in [-0.2, -0.15) is 0 Å². The van der Waals surface area contributed by atoms with Gasteiger partial charge in [-0.25, -0.2) is 9.97 Å². The van der Waals surface area contributed by atoms with Gasteiger partial charge < -0.3 is 14.6 Å². The second-order valence-corrected chi connectivity index (χ2v) is 5.53. The predicted molar refractivity (Wildman–Crippen MR) is 79.7 cm³/mol. The molecule has 0 radical (unpaired) electrons. The molecule has 0 unspecified atom stereocenters. The van der Waals surface area contributed by atoms with Gasteiger partial charge in [-0.05, 0) is 25.9 Å². The summed E-state index contributed by atoms with van der Waals surface area (Å²) in [7, 11) is 1.95. The maximum atomic E-state index is 8.97. The lowest BCUT2D eigenvalue weighted by molar-refractivity contribution is 0.163. The quantitative estimate of drug-likeness (QED) is 0.910. The van der Waals surface area contributed by atoms with E-state index in [1.165, 1.54) is 0 Å². The lowest BCUT2D eigenvalue weighted by Crippen LogP contribution is -2.35. The normalized spacial score (nSPS) is 17.2. The zero-order valence-electron chi connectivity index (χ0n) is 12.3. The zero-order chi connectivity index (χ0) is 14.7. The van der Waals surface area contributed by atoms with Crippen molar-refractivity contribution in [3.8, 4) is 11.5 Å². The summed E-state index contributed by atoms with van der Waals surface area (Å²) in [5.41, 5.74) is 1.88. The van der Waals surface area contributed by atoms with Crippen LogP contribution in [0.2, 0.25) is 0 Å². The molecule has 0 atom stereocenters. The van der Waals surface area contributed by atoms with Gasteiger partial charge in [0.25, 0.3) is 0 Å². The lowest BCUT2D eigenvalue weighted by Gasteiger charge is -2.30. The highest BCUT2D eigenvalue weighted by molar-refractivity contribution is 5.47. The van der Waals surface area contributed by atoms with E-state index in [1.54, 1.807) is 6.20 Å². The number of likely N-dealkylation sites (tertiary alicyclic amines) is 1. The molecule has 6 nitrogen and oxygen atoms in total. The van der Waals surface area contributed by atoms with Crippen LogP contribution in [-0.4, -0.2) is 55.8 Å². The SMILES string of the molecule is Cn1ccnc1-c1cnc(C2CCN(CCO)CC2)cn1. The van der Waals surface area contributed by atoms with Crippen molar-refractivity contribution in [1.29, 1.82) is 0 Å². The molecule has 6 heteroatoms. The van der Waals surface area contributed by atoms with Crippen molar-refractivity contribution in [2.24, 2.45) is 7.05 Å². The fourth-order valence-electron chi connectivity index (χ4n) is 2.87. The van der Waals surface area contributed by atoms with Gasteiger partial charge in [0, 0.05) is 38.1 Å². The number of β-amino-alcohol motifs (C(OH)–C–C–N with tert-alkyl or cyclic N) is 1. The van der Waals surface area contributed by atoms with Crippen LogP contribution in [0.1, 0.15) is 24.5 Å². The molecule has 3 rings (SSSR count). The Morgan fingerprint density at radius 3 is 2.57 bits per heavy atom. The van der Waals surface area contributed by atoms with E-state index in [-0.39, 0.29) is 6.61 Å². The summed E-state index contributed by atoms with van der Waals surface area (Å²) in [6.45, 7) is 3.06. The third kappa shape index (κ3) is 3.11. The molecule has 0 aromatic carbocycles. The Morgan fingerprint density at radius 1 is 1.19 bits per heavy atom. The van der Waals surface area contributed by atoms with Gasteiger partial charge in [0.2, 0.25) is 0 Å². The summed E-state index contributed by atoms with van der Waals surface area (Å²) < 4.78 is 1.94. The third-order valence-electron chi connectivity index (χ3n) is 4.14. The fourth-order valence-corrected chi connectivity index (χ4v) is 2.87. The summed E-state index contributed by atoms with van der Waals surface area (Å²) in [5, 5.41) is 8.97. The maximum absolute atomic E-state index is 8.97. The van der Waals surface area contributed by atoms with E-state index in [2.05, 4.69) is 19.9 Å². The monoisotopic (exact) mass is 287 g/mol. The van der Waals surface area contributed by atoms with E-state index >= 15 is 0 Å². The highest BCUT2D eigenvalue weighted by Gasteiger charge is 2.21. The molecule has 2 aromatic heterocycles. The number of aryl methyl sites for hydroxylation is 1. The van der Waals surface area contributed by atoms with Crippen LogP contribution in [0.25, 0.3) is 11.5 Å². The van der Waals surface area contributed by atoms with Crippen LogP contribution in [0.4, 0.5) is 0 Å². The van der Waals surface area contributed by atoms with Crippen LogP contribution in [-0.2, 0) is 7.05 Å². The number of aliphatic hydroxyl groups is 1. The number of aromatic nitrogens is 4. The average molecular weight is 287 g/mol. The Hall–Kier alpha value is -1.79. The third-order valence-corrected chi connectivity index (χ3v) is 4.14. The van der Waals surface area contributed by atoms with E-state index in [1.807, 2.05) is 30.2 Å². The zero-order valence-corrected chi connectivity index (χ0v) is 12.3. The Bertz CT molecular complexity index is 572. The summed E-state index contributed by atoms with van der Waals surface area (Å²) in [6.07, 6.45) is 9.53. The molecule has 3 heterocycles. The van der Waals surface area contributed by atoms with Crippen LogP contribution in [0, 0.1) is 0 Å². The Labute approximate surface area is 124 Å². The van der Waals surface area contributed by atoms with E-state index in [0.717, 1.165) is 49.7 Å². The highest BCUT2D eigenvalue weighted by Crippen LogP contribution is 2.26. The first-order valence-electron chi connectivity index (χ1n) is 7.41. The molecule has 1 saturated heterocycles. The molecule has 1 N–H and O–H groups in total. The number of nitrogens with zero attached hydrogens (tertiary/aromatic N) is 5. The van der Waals surface area contributed by atoms with Gasteiger partial charge in [-0.3, -0.25) is 4.98 Å². The molecule has 0 amide bonds. The fraction of sp³-hybridized carbons (Fsp3) is 0.533. The number of aliphatic hydroxyl groups excluding tert-OH is 1. The number of imidazole rings is 1. The first-order valence-corrected chi connectivity index (χ1v) is 7.41. The van der Waals surface area contributed by atoms with Crippen molar-refractivity contribution in [1.82, 2.24) is 24.4 Å². The molecular formula is C15H21N5O. The van der Waals surface area contributed by atoms with Gasteiger partial charge in [0.1, 0.15) is 5.69 Å². The smallest absolute Gasteiger partial charge is 0.159 e. The van der Waals surface area contributed by atoms with Gasteiger partial charge >= 0.3 is 0 Å². The summed E-state index contributed by atoms with van der Waals surface area (Å²) in [6, 6.07) is 0. The molecule has 1 fully saturated rings. The van der Waals surface area contributed by atoms with Crippen molar-refractivity contribution >= 4 is 0 Å². The minimum atomic E-state index is 0.239.